The van der Waals surface area contributed by atoms with Crippen LogP contribution in [0.25, 0.3) is 0 Å². The molecule has 2 rings (SSSR count). The Morgan fingerprint density at radius 3 is 2.62 bits per heavy atom. The van der Waals surface area contributed by atoms with Gasteiger partial charge in [0.25, 0.3) is 0 Å². The fourth-order valence-electron chi connectivity index (χ4n) is 1.64. The van der Waals surface area contributed by atoms with Crippen molar-refractivity contribution in [1.29, 1.82) is 0 Å². The maximum atomic E-state index is 11.7. The van der Waals surface area contributed by atoms with Crippen molar-refractivity contribution in [3.63, 3.8) is 0 Å². The minimum absolute atomic E-state index is 0.0126. The Kier molecular flexibility index (Phi) is 2.54. The first-order chi connectivity index (χ1) is 7.47. The van der Waals surface area contributed by atoms with Gasteiger partial charge in [-0.1, -0.05) is 32.9 Å². The van der Waals surface area contributed by atoms with E-state index in [1.54, 1.807) is 0 Å². The molecule has 0 saturated carbocycles. The molecule has 1 aliphatic heterocycles. The van der Waals surface area contributed by atoms with Gasteiger partial charge in [0.05, 0.1) is 17.8 Å². The maximum absolute atomic E-state index is 11.7. The second-order valence-electron chi connectivity index (χ2n) is 5.05. The van der Waals surface area contributed by atoms with Crippen LogP contribution in [0.5, 0.6) is 0 Å². The molecule has 84 valence electrons. The van der Waals surface area contributed by atoms with E-state index in [1.807, 2.05) is 24.3 Å². The third-order valence-corrected chi connectivity index (χ3v) is 2.63. The molecule has 0 spiro atoms. The topological polar surface area (TPSA) is 41.5 Å². The molecule has 16 heavy (non-hydrogen) atoms. The Bertz CT molecular complexity index is 455. The number of anilines is 1. The predicted molar refractivity (Wildman–Crippen MR) is 66.2 cm³/mol. The zero-order valence-electron chi connectivity index (χ0n) is 9.87. The molecule has 1 N–H and O–H groups in total. The zero-order chi connectivity index (χ0) is 11.8. The number of carbonyl (C=O) groups is 1. The van der Waals surface area contributed by atoms with Crippen molar-refractivity contribution in [2.45, 2.75) is 27.2 Å². The number of nitrogens with one attached hydrogen (secondary N) is 1. The molecule has 3 heteroatoms. The Morgan fingerprint density at radius 2 is 1.94 bits per heavy atom. The second-order valence-corrected chi connectivity index (χ2v) is 5.05. The van der Waals surface area contributed by atoms with Gasteiger partial charge in [0.1, 0.15) is 0 Å². The van der Waals surface area contributed by atoms with Crippen molar-refractivity contribution in [3.8, 4) is 0 Å². The van der Waals surface area contributed by atoms with Crippen LogP contribution in [-0.2, 0) is 4.79 Å². The number of nitrogens with zero attached hydrogens (tertiary/aromatic N) is 1. The van der Waals surface area contributed by atoms with Crippen LogP contribution in [0.1, 0.15) is 27.2 Å². The summed E-state index contributed by atoms with van der Waals surface area (Å²) in [6.45, 7) is 6.23. The monoisotopic (exact) mass is 216 g/mol. The molecule has 0 fully saturated rings. The van der Waals surface area contributed by atoms with Crippen LogP contribution in [0.15, 0.2) is 29.3 Å². The molecule has 0 aliphatic carbocycles. The highest BCUT2D eigenvalue weighted by Gasteiger charge is 2.24. The first kappa shape index (κ1) is 10.9. The number of rotatable bonds is 0. The Morgan fingerprint density at radius 1 is 1.25 bits per heavy atom. The molecular weight excluding hydrogens is 200 g/mol. The standard InChI is InChI=1S/C13H16N2O/c1-13(2,3)11-8-12(16)15-10-7-5-4-6-9(10)14-11/h4-7H,8H2,1-3H3,(H,15,16). The third-order valence-electron chi connectivity index (χ3n) is 2.63. The summed E-state index contributed by atoms with van der Waals surface area (Å²) in [7, 11) is 0. The summed E-state index contributed by atoms with van der Waals surface area (Å²) in [5.41, 5.74) is 2.49. The van der Waals surface area contributed by atoms with E-state index in [-0.39, 0.29) is 11.3 Å². The normalized spacial score (nSPS) is 15.9. The summed E-state index contributed by atoms with van der Waals surface area (Å²) in [5.74, 6) is 0.0126. The van der Waals surface area contributed by atoms with E-state index in [2.05, 4.69) is 31.1 Å². The molecule has 0 aromatic heterocycles. The number of fused-ring (bicyclic) bond motifs is 1. The summed E-state index contributed by atoms with van der Waals surface area (Å²) in [5, 5.41) is 2.87. The molecule has 0 atom stereocenters. The average Bonchev–Trinajstić information content (AvgIpc) is 2.34. The summed E-state index contributed by atoms with van der Waals surface area (Å²) >= 11 is 0. The van der Waals surface area contributed by atoms with Crippen molar-refractivity contribution >= 4 is 23.0 Å². The number of hydrogen-bond acceptors (Lipinski definition) is 2. The molecule has 0 bridgehead atoms. The highest BCUT2D eigenvalue weighted by Crippen LogP contribution is 2.31. The molecule has 1 amide bonds. The van der Waals surface area contributed by atoms with Gasteiger partial charge in [0, 0.05) is 11.1 Å². The molecule has 1 aromatic carbocycles. The smallest absolute Gasteiger partial charge is 0.230 e. The second kappa shape index (κ2) is 3.74. The predicted octanol–water partition coefficient (Wildman–Crippen LogP) is 3.15. The molecule has 1 aromatic rings. The number of para-hydroxylation sites is 2. The van der Waals surface area contributed by atoms with Gasteiger partial charge in [-0.05, 0) is 12.1 Å². The van der Waals surface area contributed by atoms with Crippen molar-refractivity contribution in [1.82, 2.24) is 0 Å². The van der Waals surface area contributed by atoms with Crippen molar-refractivity contribution in [2.75, 3.05) is 5.32 Å². The highest BCUT2D eigenvalue weighted by atomic mass is 16.1. The van der Waals surface area contributed by atoms with Crippen LogP contribution in [0.4, 0.5) is 11.4 Å². The van der Waals surface area contributed by atoms with Crippen LogP contribution in [-0.4, -0.2) is 11.6 Å². The van der Waals surface area contributed by atoms with E-state index < -0.39 is 0 Å². The third kappa shape index (κ3) is 2.13. The number of benzene rings is 1. The molecule has 3 nitrogen and oxygen atoms in total. The highest BCUT2D eigenvalue weighted by molar-refractivity contribution is 6.12. The van der Waals surface area contributed by atoms with E-state index >= 15 is 0 Å². The molecular formula is C13H16N2O. The average molecular weight is 216 g/mol. The van der Waals surface area contributed by atoms with Gasteiger partial charge < -0.3 is 5.32 Å². The van der Waals surface area contributed by atoms with Crippen LogP contribution >= 0.6 is 0 Å². The SMILES string of the molecule is CC(C)(C)C1=Nc2ccccc2NC(=O)C1. The van der Waals surface area contributed by atoms with Crippen molar-refractivity contribution in [2.24, 2.45) is 10.4 Å². The van der Waals surface area contributed by atoms with E-state index in [9.17, 15) is 4.79 Å². The quantitative estimate of drug-likeness (QED) is 0.711. The van der Waals surface area contributed by atoms with E-state index in [1.165, 1.54) is 0 Å². The Labute approximate surface area is 95.6 Å². The lowest BCUT2D eigenvalue weighted by Gasteiger charge is -2.19. The van der Waals surface area contributed by atoms with Crippen molar-refractivity contribution < 1.29 is 4.79 Å². The molecule has 0 saturated heterocycles. The minimum Gasteiger partial charge on any atom is -0.324 e. The van der Waals surface area contributed by atoms with Crippen molar-refractivity contribution in [3.05, 3.63) is 24.3 Å². The summed E-state index contributed by atoms with van der Waals surface area (Å²) in [6, 6.07) is 7.63. The number of aliphatic imine (C=N–C) groups is 1. The minimum atomic E-state index is -0.0746. The van der Waals surface area contributed by atoms with E-state index in [0.29, 0.717) is 6.42 Å². The first-order valence-corrected chi connectivity index (χ1v) is 5.44. The zero-order valence-corrected chi connectivity index (χ0v) is 9.87. The molecule has 1 heterocycles. The maximum Gasteiger partial charge on any atom is 0.230 e. The molecule has 1 aliphatic rings. The molecule has 0 unspecified atom stereocenters. The van der Waals surface area contributed by atoms with Gasteiger partial charge in [-0.2, -0.15) is 0 Å². The summed E-state index contributed by atoms with van der Waals surface area (Å²) < 4.78 is 0. The van der Waals surface area contributed by atoms with Crippen LogP contribution in [0.2, 0.25) is 0 Å². The van der Waals surface area contributed by atoms with E-state index in [0.717, 1.165) is 17.1 Å². The number of hydrogen-bond donors (Lipinski definition) is 1. The first-order valence-electron chi connectivity index (χ1n) is 5.44. The summed E-state index contributed by atoms with van der Waals surface area (Å²) in [4.78, 5) is 16.3. The number of carbonyl (C=O) groups excluding carboxylic acids is 1. The fraction of sp³-hybridized carbons (Fsp3) is 0.385. The lowest BCUT2D eigenvalue weighted by molar-refractivity contribution is -0.115. The van der Waals surface area contributed by atoms with Gasteiger partial charge in [0.2, 0.25) is 5.91 Å². The lowest BCUT2D eigenvalue weighted by atomic mass is 9.88. The van der Waals surface area contributed by atoms with Gasteiger partial charge in [-0.15, -0.1) is 0 Å². The van der Waals surface area contributed by atoms with E-state index in [4.69, 9.17) is 0 Å². The Balaban J connectivity index is 2.51. The van der Waals surface area contributed by atoms with Crippen LogP contribution in [0, 0.1) is 5.41 Å². The van der Waals surface area contributed by atoms with Gasteiger partial charge in [0.15, 0.2) is 0 Å². The largest absolute Gasteiger partial charge is 0.324 e. The number of amides is 1. The van der Waals surface area contributed by atoms with Gasteiger partial charge in [-0.25, -0.2) is 0 Å². The summed E-state index contributed by atoms with van der Waals surface area (Å²) in [6.07, 6.45) is 0.373. The lowest BCUT2D eigenvalue weighted by Crippen LogP contribution is -2.24. The molecule has 0 radical (unpaired) electrons. The fourth-order valence-corrected chi connectivity index (χ4v) is 1.64. The van der Waals surface area contributed by atoms with Gasteiger partial charge in [-0.3, -0.25) is 9.79 Å². The van der Waals surface area contributed by atoms with Crippen LogP contribution in [0.3, 0.4) is 0 Å². The Hall–Kier alpha value is -1.64. The van der Waals surface area contributed by atoms with Crippen LogP contribution < -0.4 is 5.32 Å². The van der Waals surface area contributed by atoms with Gasteiger partial charge >= 0.3 is 0 Å².